The monoisotopic (exact) mass is 2340 g/mol. The van der Waals surface area contributed by atoms with Crippen LogP contribution in [0.3, 0.4) is 0 Å². The summed E-state index contributed by atoms with van der Waals surface area (Å²) in [5, 5.41) is 11.9. The third-order valence-electron chi connectivity index (χ3n) is 23.1. The van der Waals surface area contributed by atoms with E-state index in [1.165, 1.54) is 107 Å². The van der Waals surface area contributed by atoms with Crippen molar-refractivity contribution in [3.63, 3.8) is 0 Å². The Balaban J connectivity index is 0.000000135. The zero-order chi connectivity index (χ0) is 90.3. The Morgan fingerprint density at radius 2 is 0.597 bits per heavy atom. The van der Waals surface area contributed by atoms with Crippen LogP contribution in [0.25, 0.3) is 170 Å². The first-order valence-corrected chi connectivity index (χ1v) is 55.8. The fourth-order valence-corrected chi connectivity index (χ4v) is 22.5. The summed E-state index contributed by atoms with van der Waals surface area (Å²) in [6.45, 7) is 24.8. The van der Waals surface area contributed by atoms with Crippen molar-refractivity contribution in [3.8, 4) is 107 Å². The average molecular weight is 2340 g/mol. The summed E-state index contributed by atoms with van der Waals surface area (Å²) in [6.07, 6.45) is 11.5. The zero-order valence-electron chi connectivity index (χ0n) is 76.5. The maximum absolute atomic E-state index is 4.94. The van der Waals surface area contributed by atoms with Crippen molar-refractivity contribution in [2.24, 2.45) is 0 Å². The molecule has 22 aromatic rings. The first-order valence-electron chi connectivity index (χ1n) is 44.5. The SMILES string of the molecule is CCn1c2c[c-]c(-c3cc([Si](C)(C)C)c(-c4ccccc4)cn3)cc2c2ccccc21.C[Si](C)(C)c1cc(-c2[c-]cc3c(c2)c2ccccc2n3-c2ccccc2)ncc1-c1ccccc1.C[Si](C)(C)c1cc(-c2[c-]cc3sc4ccccc4c3c2)ncc1-c1ccccc1.[Ir].[Ir].[Ir].[c-]1ccccc1-c1ccccn1.[c-]1ccccc1-c1ccccn1.[c-]1ccccc1-c1ccccn1. The first-order chi connectivity index (χ1) is 63.9. The maximum atomic E-state index is 4.94. The van der Waals surface area contributed by atoms with Crippen LogP contribution in [0, 0.1) is 36.4 Å². The normalized spacial score (nSPS) is 11.1. The number of hydrogen-bond acceptors (Lipinski definition) is 7. The molecule has 0 atom stereocenters. The number of thiophene rings is 1. The van der Waals surface area contributed by atoms with Crippen molar-refractivity contribution in [2.75, 3.05) is 0 Å². The molecule has 0 amide bonds. The van der Waals surface area contributed by atoms with Crippen molar-refractivity contribution in [1.29, 1.82) is 0 Å². The Morgan fingerprint density at radius 3 is 0.985 bits per heavy atom. The van der Waals surface area contributed by atoms with Gasteiger partial charge in [0.2, 0.25) is 0 Å². The van der Waals surface area contributed by atoms with Crippen molar-refractivity contribution in [3.05, 3.63) is 450 Å². The molecule has 22 rings (SSSR count). The largest absolute Gasteiger partial charge is 0.381 e. The first kappa shape index (κ1) is 97.2. The number of hydrogen-bond donors (Lipinski definition) is 0. The molecule has 8 nitrogen and oxygen atoms in total. The van der Waals surface area contributed by atoms with E-state index in [0.717, 1.165) is 85.3 Å². The van der Waals surface area contributed by atoms with Crippen LogP contribution in [0.1, 0.15) is 6.92 Å². The predicted molar refractivity (Wildman–Crippen MR) is 562 cm³/mol. The van der Waals surface area contributed by atoms with Gasteiger partial charge in [-0.15, -0.1) is 179 Å². The number of aryl methyl sites for hydroxylation is 1. The molecule has 0 N–H and O–H groups in total. The minimum Gasteiger partial charge on any atom is -0.381 e. The summed E-state index contributed by atoms with van der Waals surface area (Å²) in [5.74, 6) is 0. The fraction of sp³-hybridized carbons (Fsp3) is 0.0924. The minimum absolute atomic E-state index is 0. The van der Waals surface area contributed by atoms with Gasteiger partial charge in [0.15, 0.2) is 0 Å². The van der Waals surface area contributed by atoms with Crippen LogP contribution >= 0.6 is 11.3 Å². The number of nitrogens with zero attached hydrogens (tertiary/aromatic N) is 8. The molecule has 0 bridgehead atoms. The van der Waals surface area contributed by atoms with Crippen LogP contribution in [0.2, 0.25) is 58.9 Å². The van der Waals surface area contributed by atoms with Gasteiger partial charge in [0.1, 0.15) is 0 Å². The van der Waals surface area contributed by atoms with Gasteiger partial charge in [-0.25, -0.2) is 0 Å². The molecule has 667 valence electrons. The minimum atomic E-state index is -1.62. The van der Waals surface area contributed by atoms with Gasteiger partial charge in [-0.05, 0) is 155 Å². The molecule has 0 spiro atoms. The van der Waals surface area contributed by atoms with Crippen molar-refractivity contribution in [2.45, 2.75) is 72.4 Å². The molecule has 0 unspecified atom stereocenters. The Bertz CT molecular complexity index is 7310. The van der Waals surface area contributed by atoms with E-state index in [0.29, 0.717) is 0 Å². The van der Waals surface area contributed by atoms with E-state index in [9.17, 15) is 0 Å². The van der Waals surface area contributed by atoms with E-state index in [1.54, 1.807) is 18.6 Å². The fourth-order valence-electron chi connectivity index (χ4n) is 16.6. The summed E-state index contributed by atoms with van der Waals surface area (Å²) in [5.41, 5.74) is 25.7. The van der Waals surface area contributed by atoms with Gasteiger partial charge in [0.25, 0.3) is 0 Å². The Labute approximate surface area is 835 Å². The van der Waals surface area contributed by atoms with Crippen LogP contribution in [0.15, 0.2) is 413 Å². The van der Waals surface area contributed by atoms with E-state index in [-0.39, 0.29) is 60.3 Å². The molecule has 0 saturated carbocycles. The molecule has 3 radical (unpaired) electrons. The number of para-hydroxylation sites is 3. The molecular formula is C119H100Ir3N8SSi3-6. The molecule has 0 aliphatic rings. The third kappa shape index (κ3) is 22.8. The van der Waals surface area contributed by atoms with Crippen molar-refractivity contribution < 1.29 is 60.3 Å². The second kappa shape index (κ2) is 44.8. The number of rotatable bonds is 14. The van der Waals surface area contributed by atoms with Gasteiger partial charge < -0.3 is 39.0 Å². The summed E-state index contributed by atoms with van der Waals surface area (Å²) in [6, 6.07) is 149. The summed E-state index contributed by atoms with van der Waals surface area (Å²) in [7, 11) is -4.76. The maximum Gasteiger partial charge on any atom is 0.0775 e. The summed E-state index contributed by atoms with van der Waals surface area (Å²) < 4.78 is 7.29. The molecule has 13 aromatic carbocycles. The van der Waals surface area contributed by atoms with E-state index in [2.05, 4.69) is 394 Å². The van der Waals surface area contributed by atoms with E-state index in [1.807, 2.05) is 139 Å². The number of fused-ring (bicyclic) bond motifs is 9. The Morgan fingerprint density at radius 1 is 0.261 bits per heavy atom. The predicted octanol–water partition coefficient (Wildman–Crippen LogP) is 29.5. The smallest absolute Gasteiger partial charge is 0.0775 e. The molecule has 9 aromatic heterocycles. The third-order valence-corrected chi connectivity index (χ3v) is 30.3. The summed E-state index contributed by atoms with van der Waals surface area (Å²) >= 11 is 1.83. The van der Waals surface area contributed by atoms with Crippen LogP contribution in [0.5, 0.6) is 0 Å². The van der Waals surface area contributed by atoms with E-state index in [4.69, 9.17) is 15.0 Å². The topological polar surface area (TPSA) is 87.2 Å². The number of benzene rings is 13. The molecular weight excluding hydrogens is 2230 g/mol. The molecule has 0 fully saturated rings. The van der Waals surface area contributed by atoms with Gasteiger partial charge in [-0.1, -0.05) is 309 Å². The molecule has 15 heteroatoms. The standard InChI is InChI=1S/C32H27N2Si.C28H27N2Si.C26H22NSSi.3C11H8N.3Ir/c1-35(2,3)32-21-29(33-22-28(32)23-12-6-4-7-13-23)24-18-19-31-27(20-24)26-16-10-11-17-30(26)34(31)25-14-8-5-9-15-25;1-5-30-26-14-10-9-13-22(26)23-17-21(15-16-27(23)30)25-18-28(31(2,3)4)24(19-29-25)20-11-7-6-8-12-20;1-29(2,3)26-16-23(27-17-22(26)18-9-5-4-6-10-18)19-13-14-25-21(15-19)20-11-7-8-12-24(20)28-25;3*1-2-6-10(7-3-1)11-8-4-5-9-12-11;;;/h4-17,19-22H,1-3H3;6-14,16-19H,5H2,1-4H3;4-12,14-17H,1-3H3;3*1-6,8-9H;;;/q6*-1;;;. The van der Waals surface area contributed by atoms with Gasteiger partial charge >= 0.3 is 0 Å². The van der Waals surface area contributed by atoms with Crippen LogP contribution in [-0.2, 0) is 66.9 Å². The zero-order valence-corrected chi connectivity index (χ0v) is 87.5. The van der Waals surface area contributed by atoms with Gasteiger partial charge in [-0.3, -0.25) is 0 Å². The molecule has 9 heterocycles. The Kier molecular flexibility index (Phi) is 32.5. The van der Waals surface area contributed by atoms with Gasteiger partial charge in [-0.2, -0.15) is 11.3 Å². The van der Waals surface area contributed by atoms with Crippen LogP contribution < -0.4 is 15.6 Å². The molecule has 0 aliphatic heterocycles. The van der Waals surface area contributed by atoms with Crippen LogP contribution in [0.4, 0.5) is 0 Å². The number of pyridine rings is 6. The van der Waals surface area contributed by atoms with E-state index < -0.39 is 24.2 Å². The van der Waals surface area contributed by atoms with E-state index >= 15 is 0 Å². The van der Waals surface area contributed by atoms with Crippen molar-refractivity contribution in [1.82, 2.24) is 39.0 Å². The Hall–Kier alpha value is -12.8. The van der Waals surface area contributed by atoms with Gasteiger partial charge in [0.05, 0.1) is 24.2 Å². The second-order valence-electron chi connectivity index (χ2n) is 35.1. The van der Waals surface area contributed by atoms with Crippen LogP contribution in [-0.4, -0.2) is 63.3 Å². The van der Waals surface area contributed by atoms with Gasteiger partial charge in [0, 0.05) is 125 Å². The quantitative estimate of drug-likeness (QED) is 0.0796. The molecule has 0 aliphatic carbocycles. The summed E-state index contributed by atoms with van der Waals surface area (Å²) in [4.78, 5) is 27.4. The average Bonchev–Trinajstić information content (AvgIpc) is 1.58. The number of aromatic nitrogens is 8. The molecule has 0 saturated heterocycles. The molecule has 134 heavy (non-hydrogen) atoms. The van der Waals surface area contributed by atoms with Crippen molar-refractivity contribution >= 4 is 115 Å². The second-order valence-corrected chi connectivity index (χ2v) is 51.3.